The van der Waals surface area contributed by atoms with Gasteiger partial charge in [-0.2, -0.15) is 0 Å². The Morgan fingerprint density at radius 2 is 2.41 bits per heavy atom. The first kappa shape index (κ1) is 13.1. The molecule has 4 heteroatoms. The van der Waals surface area contributed by atoms with Crippen molar-refractivity contribution in [3.05, 3.63) is 22.6 Å². The molecule has 1 aromatic heterocycles. The van der Waals surface area contributed by atoms with E-state index >= 15 is 0 Å². The molecular formula is C13H20BrNO2. The molecular weight excluding hydrogens is 282 g/mol. The number of halogens is 1. The fourth-order valence-corrected chi connectivity index (χ4v) is 2.65. The molecule has 0 radical (unpaired) electrons. The van der Waals surface area contributed by atoms with E-state index in [2.05, 4.69) is 28.2 Å². The van der Waals surface area contributed by atoms with E-state index in [1.807, 2.05) is 12.1 Å². The largest absolute Gasteiger partial charge is 0.453 e. The molecule has 1 aliphatic rings. The van der Waals surface area contributed by atoms with Gasteiger partial charge in [-0.1, -0.05) is 6.92 Å². The Hall–Kier alpha value is -0.320. The highest BCUT2D eigenvalue weighted by Gasteiger charge is 2.20. The van der Waals surface area contributed by atoms with Crippen LogP contribution in [0.5, 0.6) is 0 Å². The second kappa shape index (κ2) is 6.57. The smallest absolute Gasteiger partial charge is 0.169 e. The average Bonchev–Trinajstić information content (AvgIpc) is 2.95. The summed E-state index contributed by atoms with van der Waals surface area (Å²) in [4.78, 5) is 0. The molecule has 3 nitrogen and oxygen atoms in total. The minimum absolute atomic E-state index is 0.301. The highest BCUT2D eigenvalue weighted by Crippen LogP contribution is 2.26. The summed E-state index contributed by atoms with van der Waals surface area (Å²) in [6, 6.07) is 4.29. The van der Waals surface area contributed by atoms with Crippen LogP contribution in [0.15, 0.2) is 21.2 Å². The van der Waals surface area contributed by atoms with Crippen molar-refractivity contribution in [2.24, 2.45) is 0 Å². The molecule has 1 N–H and O–H groups in total. The van der Waals surface area contributed by atoms with Crippen molar-refractivity contribution < 1.29 is 9.15 Å². The van der Waals surface area contributed by atoms with Crippen molar-refractivity contribution in [2.75, 3.05) is 13.2 Å². The molecule has 0 amide bonds. The van der Waals surface area contributed by atoms with Gasteiger partial charge in [0.1, 0.15) is 5.76 Å². The number of nitrogens with one attached hydrogen (secondary N) is 1. The molecule has 0 aromatic carbocycles. The third-order valence-electron chi connectivity index (χ3n) is 3.19. The lowest BCUT2D eigenvalue weighted by Gasteiger charge is -2.17. The fourth-order valence-electron chi connectivity index (χ4n) is 2.33. The first-order valence-electron chi connectivity index (χ1n) is 6.40. The fraction of sp³-hybridized carbons (Fsp3) is 0.692. The molecule has 1 aliphatic heterocycles. The molecule has 2 heterocycles. The summed E-state index contributed by atoms with van der Waals surface area (Å²) in [5.74, 6) is 1.01. The van der Waals surface area contributed by atoms with E-state index in [9.17, 15) is 0 Å². The van der Waals surface area contributed by atoms with Gasteiger partial charge in [0.15, 0.2) is 4.67 Å². The quantitative estimate of drug-likeness (QED) is 0.871. The van der Waals surface area contributed by atoms with Crippen molar-refractivity contribution >= 4 is 15.9 Å². The Bertz CT molecular complexity index is 334. The van der Waals surface area contributed by atoms with Gasteiger partial charge in [-0.15, -0.1) is 0 Å². The van der Waals surface area contributed by atoms with E-state index in [4.69, 9.17) is 9.15 Å². The third-order valence-corrected chi connectivity index (χ3v) is 3.62. The van der Waals surface area contributed by atoms with Crippen molar-refractivity contribution in [1.29, 1.82) is 0 Å². The summed E-state index contributed by atoms with van der Waals surface area (Å²) in [7, 11) is 0. The Morgan fingerprint density at radius 3 is 3.00 bits per heavy atom. The van der Waals surface area contributed by atoms with Crippen LogP contribution < -0.4 is 5.32 Å². The van der Waals surface area contributed by atoms with Crippen LogP contribution in [0.4, 0.5) is 0 Å². The van der Waals surface area contributed by atoms with Crippen LogP contribution in [-0.4, -0.2) is 19.3 Å². The van der Waals surface area contributed by atoms with E-state index in [1.54, 1.807) is 0 Å². The van der Waals surface area contributed by atoms with E-state index in [1.165, 1.54) is 12.8 Å². The van der Waals surface area contributed by atoms with Crippen molar-refractivity contribution in [2.45, 2.75) is 44.8 Å². The van der Waals surface area contributed by atoms with E-state index < -0.39 is 0 Å². The third kappa shape index (κ3) is 3.83. The van der Waals surface area contributed by atoms with E-state index in [0.717, 1.165) is 36.4 Å². The van der Waals surface area contributed by atoms with Crippen molar-refractivity contribution in [3.63, 3.8) is 0 Å². The van der Waals surface area contributed by atoms with E-state index in [0.29, 0.717) is 12.1 Å². The summed E-state index contributed by atoms with van der Waals surface area (Å²) in [5.41, 5.74) is 0. The summed E-state index contributed by atoms with van der Waals surface area (Å²) < 4.78 is 12.1. The lowest BCUT2D eigenvalue weighted by molar-refractivity contribution is 0.0988. The maximum Gasteiger partial charge on any atom is 0.169 e. The first-order valence-corrected chi connectivity index (χ1v) is 7.19. The Kier molecular flexibility index (Phi) is 5.07. The number of hydrogen-bond acceptors (Lipinski definition) is 3. The molecule has 1 aromatic rings. The topological polar surface area (TPSA) is 34.4 Å². The molecule has 2 rings (SSSR count). The van der Waals surface area contributed by atoms with Crippen LogP contribution in [0, 0.1) is 0 Å². The number of hydrogen-bond donors (Lipinski definition) is 1. The molecule has 17 heavy (non-hydrogen) atoms. The number of ether oxygens (including phenoxy) is 1. The maximum absolute atomic E-state index is 5.65. The Balaban J connectivity index is 1.87. The van der Waals surface area contributed by atoms with Crippen molar-refractivity contribution in [1.82, 2.24) is 5.32 Å². The van der Waals surface area contributed by atoms with Gasteiger partial charge in [-0.3, -0.25) is 0 Å². The van der Waals surface area contributed by atoms with Gasteiger partial charge in [0, 0.05) is 6.61 Å². The summed E-state index contributed by atoms with van der Waals surface area (Å²) in [6.07, 6.45) is 5.05. The van der Waals surface area contributed by atoms with Gasteiger partial charge in [0.2, 0.25) is 0 Å². The predicted molar refractivity (Wildman–Crippen MR) is 71.0 cm³/mol. The highest BCUT2D eigenvalue weighted by atomic mass is 79.9. The summed E-state index contributed by atoms with van der Waals surface area (Å²) in [5, 5.41) is 3.47. The van der Waals surface area contributed by atoms with Crippen LogP contribution >= 0.6 is 15.9 Å². The van der Waals surface area contributed by atoms with Crippen LogP contribution in [0.1, 0.15) is 44.4 Å². The van der Waals surface area contributed by atoms with Gasteiger partial charge in [0.25, 0.3) is 0 Å². The van der Waals surface area contributed by atoms with Crippen LogP contribution in [-0.2, 0) is 4.74 Å². The standard InChI is InChI=1S/C13H20BrNO2/c1-2-15-11(12-7-8-13(14)17-12)6-5-10-4-3-9-16-10/h7-8,10-11,15H,2-6,9H2,1H3. The Morgan fingerprint density at radius 1 is 1.53 bits per heavy atom. The van der Waals surface area contributed by atoms with Gasteiger partial charge in [-0.25, -0.2) is 0 Å². The molecule has 0 bridgehead atoms. The molecule has 1 saturated heterocycles. The van der Waals surface area contributed by atoms with Gasteiger partial charge in [0.05, 0.1) is 12.1 Å². The van der Waals surface area contributed by atoms with E-state index in [-0.39, 0.29) is 0 Å². The monoisotopic (exact) mass is 301 g/mol. The SMILES string of the molecule is CCNC(CCC1CCCO1)c1ccc(Br)o1. The highest BCUT2D eigenvalue weighted by molar-refractivity contribution is 9.10. The van der Waals surface area contributed by atoms with Crippen LogP contribution in [0.2, 0.25) is 0 Å². The average molecular weight is 302 g/mol. The molecule has 0 spiro atoms. The molecule has 1 fully saturated rings. The van der Waals surface area contributed by atoms with Crippen molar-refractivity contribution in [3.8, 4) is 0 Å². The lowest BCUT2D eigenvalue weighted by atomic mass is 10.0. The molecule has 96 valence electrons. The van der Waals surface area contributed by atoms with Crippen LogP contribution in [0.25, 0.3) is 0 Å². The zero-order chi connectivity index (χ0) is 12.1. The van der Waals surface area contributed by atoms with Gasteiger partial charge in [-0.05, 0) is 60.3 Å². The normalized spacial score (nSPS) is 21.9. The second-order valence-corrected chi connectivity index (χ2v) is 5.25. The summed E-state index contributed by atoms with van der Waals surface area (Å²) in [6.45, 7) is 4.01. The maximum atomic E-state index is 5.65. The lowest BCUT2D eigenvalue weighted by Crippen LogP contribution is -2.22. The van der Waals surface area contributed by atoms with Crippen LogP contribution in [0.3, 0.4) is 0 Å². The molecule has 2 atom stereocenters. The molecule has 2 unspecified atom stereocenters. The minimum Gasteiger partial charge on any atom is -0.453 e. The second-order valence-electron chi connectivity index (χ2n) is 4.46. The zero-order valence-corrected chi connectivity index (χ0v) is 11.8. The number of furan rings is 1. The first-order chi connectivity index (χ1) is 8.29. The molecule has 0 aliphatic carbocycles. The minimum atomic E-state index is 0.301. The van der Waals surface area contributed by atoms with Gasteiger partial charge >= 0.3 is 0 Å². The Labute approximate surface area is 111 Å². The summed E-state index contributed by atoms with van der Waals surface area (Å²) >= 11 is 3.35. The zero-order valence-electron chi connectivity index (χ0n) is 10.2. The molecule has 0 saturated carbocycles. The number of rotatable bonds is 6. The van der Waals surface area contributed by atoms with Gasteiger partial charge < -0.3 is 14.5 Å². The predicted octanol–water partition coefficient (Wildman–Crippen LogP) is 3.65.